The van der Waals surface area contributed by atoms with Gasteiger partial charge < -0.3 is 14.8 Å². The van der Waals surface area contributed by atoms with E-state index in [0.717, 1.165) is 38.2 Å². The molecule has 0 bridgehead atoms. The fourth-order valence-electron chi connectivity index (χ4n) is 2.87. The first-order chi connectivity index (χ1) is 8.62. The van der Waals surface area contributed by atoms with E-state index < -0.39 is 0 Å². The quantitative estimate of drug-likeness (QED) is 0.716. The van der Waals surface area contributed by atoms with Gasteiger partial charge in [0.1, 0.15) is 0 Å². The van der Waals surface area contributed by atoms with E-state index in [0.29, 0.717) is 0 Å². The number of aryl methyl sites for hydroxylation is 1. The lowest BCUT2D eigenvalue weighted by atomic mass is 9.73. The number of piperidine rings is 1. The number of carbonyl (C=O) groups excluding carboxylic acids is 1. The monoisotopic (exact) mass is 247 g/mol. The Balaban J connectivity index is 1.82. The highest BCUT2D eigenvalue weighted by Gasteiger charge is 2.52. The van der Waals surface area contributed by atoms with Crippen LogP contribution in [-0.4, -0.2) is 30.1 Å². The van der Waals surface area contributed by atoms with Crippen LogP contribution in [0.1, 0.15) is 12.8 Å². The van der Waals surface area contributed by atoms with Gasteiger partial charge in [0.2, 0.25) is 11.5 Å². The standard InChI is InChI=1S/C13H17N3O2/c1-15-7-10(3-4-11(15)17)16-9-13(12(16)18)5-2-6-14-8-13/h3-4,7,14H,2,5-6,8-9H2,1H3. The summed E-state index contributed by atoms with van der Waals surface area (Å²) in [7, 11) is 1.70. The highest BCUT2D eigenvalue weighted by molar-refractivity contribution is 6.04. The molecule has 1 aromatic heterocycles. The molecular formula is C13H17N3O2. The van der Waals surface area contributed by atoms with Gasteiger partial charge in [-0.15, -0.1) is 0 Å². The first kappa shape index (κ1) is 11.5. The lowest BCUT2D eigenvalue weighted by Gasteiger charge is -2.50. The van der Waals surface area contributed by atoms with Gasteiger partial charge in [0.15, 0.2) is 0 Å². The molecule has 0 radical (unpaired) electrons. The molecule has 2 aliphatic rings. The molecule has 2 saturated heterocycles. The zero-order valence-electron chi connectivity index (χ0n) is 10.5. The molecule has 1 spiro atoms. The number of β-lactam (4-membered cyclic amide) rings is 1. The van der Waals surface area contributed by atoms with Crippen molar-refractivity contribution in [3.63, 3.8) is 0 Å². The third-order valence-electron chi connectivity index (χ3n) is 4.01. The minimum Gasteiger partial charge on any atom is -0.317 e. The van der Waals surface area contributed by atoms with E-state index in [9.17, 15) is 9.59 Å². The minimum atomic E-state index is -0.188. The van der Waals surface area contributed by atoms with Gasteiger partial charge in [0, 0.05) is 32.4 Å². The summed E-state index contributed by atoms with van der Waals surface area (Å²) in [5, 5.41) is 3.30. The first-order valence-corrected chi connectivity index (χ1v) is 6.32. The van der Waals surface area contributed by atoms with Gasteiger partial charge in [-0.3, -0.25) is 9.59 Å². The third kappa shape index (κ3) is 1.58. The van der Waals surface area contributed by atoms with Crippen molar-refractivity contribution < 1.29 is 4.79 Å². The number of nitrogens with one attached hydrogen (secondary N) is 1. The fourth-order valence-corrected chi connectivity index (χ4v) is 2.87. The average molecular weight is 247 g/mol. The Bertz CT molecular complexity index is 543. The van der Waals surface area contributed by atoms with Gasteiger partial charge in [-0.2, -0.15) is 0 Å². The van der Waals surface area contributed by atoms with Crippen LogP contribution >= 0.6 is 0 Å². The maximum atomic E-state index is 12.3. The second kappa shape index (κ2) is 3.95. The van der Waals surface area contributed by atoms with E-state index in [1.165, 1.54) is 10.6 Å². The largest absolute Gasteiger partial charge is 0.317 e. The molecular weight excluding hydrogens is 230 g/mol. The van der Waals surface area contributed by atoms with Crippen LogP contribution in [-0.2, 0) is 11.8 Å². The first-order valence-electron chi connectivity index (χ1n) is 6.32. The summed E-state index contributed by atoms with van der Waals surface area (Å²) in [6.07, 6.45) is 3.76. The number of aromatic nitrogens is 1. The van der Waals surface area contributed by atoms with Crippen LogP contribution in [0.5, 0.6) is 0 Å². The van der Waals surface area contributed by atoms with Crippen molar-refractivity contribution in [3.8, 4) is 0 Å². The Morgan fingerprint density at radius 2 is 2.17 bits per heavy atom. The molecule has 1 N–H and O–H groups in total. The number of carbonyl (C=O) groups is 1. The van der Waals surface area contributed by atoms with Crippen molar-refractivity contribution >= 4 is 11.6 Å². The Morgan fingerprint density at radius 1 is 1.33 bits per heavy atom. The molecule has 0 saturated carbocycles. The Hall–Kier alpha value is -1.62. The molecule has 2 aliphatic heterocycles. The average Bonchev–Trinajstić information content (AvgIpc) is 2.40. The third-order valence-corrected chi connectivity index (χ3v) is 4.01. The minimum absolute atomic E-state index is 0.0548. The van der Waals surface area contributed by atoms with Crippen LogP contribution in [0.2, 0.25) is 0 Å². The molecule has 0 aliphatic carbocycles. The second-order valence-corrected chi connectivity index (χ2v) is 5.29. The Labute approximate surface area is 105 Å². The van der Waals surface area contributed by atoms with Crippen LogP contribution in [0, 0.1) is 5.41 Å². The predicted octanol–water partition coefficient (Wildman–Crippen LogP) is 0.102. The molecule has 1 atom stereocenters. The molecule has 0 aromatic carbocycles. The lowest BCUT2D eigenvalue weighted by Crippen LogP contribution is -2.67. The lowest BCUT2D eigenvalue weighted by molar-refractivity contribution is -0.136. The molecule has 1 aromatic rings. The maximum absolute atomic E-state index is 12.3. The zero-order chi connectivity index (χ0) is 12.8. The second-order valence-electron chi connectivity index (χ2n) is 5.29. The highest BCUT2D eigenvalue weighted by Crippen LogP contribution is 2.40. The fraction of sp³-hybridized carbons (Fsp3) is 0.538. The SMILES string of the molecule is Cn1cc(N2CC3(CCCNC3)C2=O)ccc1=O. The van der Waals surface area contributed by atoms with E-state index >= 15 is 0 Å². The van der Waals surface area contributed by atoms with Crippen LogP contribution in [0.3, 0.4) is 0 Å². The van der Waals surface area contributed by atoms with Gasteiger partial charge in [-0.1, -0.05) is 0 Å². The van der Waals surface area contributed by atoms with Gasteiger partial charge in [0.05, 0.1) is 11.1 Å². The highest BCUT2D eigenvalue weighted by atomic mass is 16.2. The van der Waals surface area contributed by atoms with Gasteiger partial charge in [0.25, 0.3) is 0 Å². The summed E-state index contributed by atoms with van der Waals surface area (Å²) in [4.78, 5) is 25.4. The summed E-state index contributed by atoms with van der Waals surface area (Å²) in [6.45, 7) is 2.56. The number of hydrogen-bond acceptors (Lipinski definition) is 3. The van der Waals surface area contributed by atoms with Crippen LogP contribution in [0.25, 0.3) is 0 Å². The maximum Gasteiger partial charge on any atom is 0.250 e. The van der Waals surface area contributed by atoms with Crippen molar-refractivity contribution in [1.29, 1.82) is 0 Å². The van der Waals surface area contributed by atoms with E-state index in [2.05, 4.69) is 5.32 Å². The Morgan fingerprint density at radius 3 is 2.78 bits per heavy atom. The number of rotatable bonds is 1. The van der Waals surface area contributed by atoms with Gasteiger partial charge >= 0.3 is 0 Å². The summed E-state index contributed by atoms with van der Waals surface area (Å²) in [5.41, 5.74) is 0.575. The molecule has 1 unspecified atom stereocenters. The molecule has 5 heteroatoms. The zero-order valence-corrected chi connectivity index (χ0v) is 10.5. The van der Waals surface area contributed by atoms with Crippen LogP contribution < -0.4 is 15.8 Å². The topological polar surface area (TPSA) is 54.3 Å². The molecule has 3 heterocycles. The number of hydrogen-bond donors (Lipinski definition) is 1. The van der Waals surface area contributed by atoms with E-state index in [4.69, 9.17) is 0 Å². The van der Waals surface area contributed by atoms with Crippen molar-refractivity contribution in [2.24, 2.45) is 12.5 Å². The molecule has 1 amide bonds. The van der Waals surface area contributed by atoms with Gasteiger partial charge in [-0.05, 0) is 25.5 Å². The smallest absolute Gasteiger partial charge is 0.250 e. The summed E-state index contributed by atoms with van der Waals surface area (Å²) < 4.78 is 1.51. The molecule has 18 heavy (non-hydrogen) atoms. The molecule has 2 fully saturated rings. The summed E-state index contributed by atoms with van der Waals surface area (Å²) in [5.74, 6) is 0.188. The predicted molar refractivity (Wildman–Crippen MR) is 68.6 cm³/mol. The summed E-state index contributed by atoms with van der Waals surface area (Å²) in [6, 6.07) is 3.23. The number of nitrogens with zero attached hydrogens (tertiary/aromatic N) is 2. The van der Waals surface area contributed by atoms with Crippen LogP contribution in [0.15, 0.2) is 23.1 Å². The summed E-state index contributed by atoms with van der Waals surface area (Å²) >= 11 is 0. The van der Waals surface area contributed by atoms with E-state index in [1.54, 1.807) is 24.2 Å². The normalized spacial score (nSPS) is 27.4. The Kier molecular flexibility index (Phi) is 2.52. The van der Waals surface area contributed by atoms with Crippen LogP contribution in [0.4, 0.5) is 5.69 Å². The number of anilines is 1. The van der Waals surface area contributed by atoms with E-state index in [1.807, 2.05) is 0 Å². The van der Waals surface area contributed by atoms with Crippen molar-refractivity contribution in [2.75, 3.05) is 24.5 Å². The number of amides is 1. The molecule has 3 rings (SSSR count). The molecule has 5 nitrogen and oxygen atoms in total. The van der Waals surface area contributed by atoms with Gasteiger partial charge in [-0.25, -0.2) is 0 Å². The van der Waals surface area contributed by atoms with E-state index in [-0.39, 0.29) is 16.9 Å². The molecule has 96 valence electrons. The number of pyridine rings is 1. The van der Waals surface area contributed by atoms with Crippen molar-refractivity contribution in [1.82, 2.24) is 9.88 Å². The van der Waals surface area contributed by atoms with Crippen molar-refractivity contribution in [3.05, 3.63) is 28.7 Å². The van der Waals surface area contributed by atoms with Crippen molar-refractivity contribution in [2.45, 2.75) is 12.8 Å².